The summed E-state index contributed by atoms with van der Waals surface area (Å²) in [5, 5.41) is 0. The van der Waals surface area contributed by atoms with E-state index in [1.165, 1.54) is 17.0 Å². The minimum absolute atomic E-state index is 0.373. The lowest BCUT2D eigenvalue weighted by atomic mass is 10.1. The number of nitrogens with zero attached hydrogens (tertiary/aromatic N) is 1. The quantitative estimate of drug-likeness (QED) is 0.795. The number of rotatable bonds is 4. The van der Waals surface area contributed by atoms with Gasteiger partial charge in [0.15, 0.2) is 11.5 Å². The second kappa shape index (κ2) is 6.89. The lowest BCUT2D eigenvalue weighted by Crippen LogP contribution is -2.29. The van der Waals surface area contributed by atoms with E-state index in [-0.39, 0.29) is 0 Å². The first-order chi connectivity index (χ1) is 11.2. The minimum Gasteiger partial charge on any atom is -0.486 e. The van der Waals surface area contributed by atoms with E-state index in [4.69, 9.17) is 14.2 Å². The van der Waals surface area contributed by atoms with Gasteiger partial charge in [-0.25, -0.2) is 9.18 Å². The van der Waals surface area contributed by atoms with Gasteiger partial charge in [0, 0.05) is 18.2 Å². The van der Waals surface area contributed by atoms with E-state index >= 15 is 0 Å². The van der Waals surface area contributed by atoms with Crippen molar-refractivity contribution >= 4 is 11.8 Å². The molecule has 0 radical (unpaired) electrons. The van der Waals surface area contributed by atoms with Crippen LogP contribution in [0.5, 0.6) is 11.5 Å². The van der Waals surface area contributed by atoms with E-state index in [1.54, 1.807) is 0 Å². The second-order valence-corrected chi connectivity index (χ2v) is 5.48. The predicted molar refractivity (Wildman–Crippen MR) is 82.9 cm³/mol. The molecule has 0 N–H and O–H groups in total. The third kappa shape index (κ3) is 3.25. The van der Waals surface area contributed by atoms with Gasteiger partial charge in [-0.05, 0) is 18.9 Å². The summed E-state index contributed by atoms with van der Waals surface area (Å²) in [7, 11) is 0. The monoisotopic (exact) mass is 321 g/mol. The van der Waals surface area contributed by atoms with Gasteiger partial charge in [-0.2, -0.15) is 0 Å². The molecule has 0 spiro atoms. The molecule has 0 saturated heterocycles. The average Bonchev–Trinajstić information content (AvgIpc) is 3.03. The summed E-state index contributed by atoms with van der Waals surface area (Å²) in [5.41, 5.74) is 1.15. The SMILES string of the molecule is CCCCOC(=O)N1CCC=C1c1cc(F)cc2c1OCCO2. The fourth-order valence-electron chi connectivity index (χ4n) is 2.70. The predicted octanol–water partition coefficient (Wildman–Crippen LogP) is 3.58. The maximum absolute atomic E-state index is 13.9. The maximum atomic E-state index is 13.9. The van der Waals surface area contributed by atoms with Crippen LogP contribution in [0.15, 0.2) is 18.2 Å². The van der Waals surface area contributed by atoms with E-state index in [0.29, 0.717) is 55.5 Å². The van der Waals surface area contributed by atoms with Gasteiger partial charge in [0.1, 0.15) is 19.0 Å². The molecule has 0 saturated carbocycles. The molecule has 124 valence electrons. The second-order valence-electron chi connectivity index (χ2n) is 5.48. The molecular formula is C17H20FNO4. The van der Waals surface area contributed by atoms with Gasteiger partial charge in [0.2, 0.25) is 0 Å². The Labute approximate surface area is 134 Å². The number of carbonyl (C=O) groups is 1. The van der Waals surface area contributed by atoms with Crippen LogP contribution >= 0.6 is 0 Å². The van der Waals surface area contributed by atoms with Crippen molar-refractivity contribution in [3.8, 4) is 11.5 Å². The number of hydrogen-bond acceptors (Lipinski definition) is 4. The lowest BCUT2D eigenvalue weighted by molar-refractivity contribution is 0.120. The molecule has 0 bridgehead atoms. The highest BCUT2D eigenvalue weighted by atomic mass is 19.1. The van der Waals surface area contributed by atoms with Crippen molar-refractivity contribution in [3.05, 3.63) is 29.6 Å². The van der Waals surface area contributed by atoms with Gasteiger partial charge in [0.25, 0.3) is 0 Å². The van der Waals surface area contributed by atoms with Crippen molar-refractivity contribution in [3.63, 3.8) is 0 Å². The molecule has 5 nitrogen and oxygen atoms in total. The molecule has 0 fully saturated rings. The van der Waals surface area contributed by atoms with E-state index in [0.717, 1.165) is 12.8 Å². The Hall–Kier alpha value is -2.24. The number of amides is 1. The third-order valence-corrected chi connectivity index (χ3v) is 3.81. The van der Waals surface area contributed by atoms with Gasteiger partial charge in [-0.3, -0.25) is 4.90 Å². The Bertz CT molecular complexity index is 629. The summed E-state index contributed by atoms with van der Waals surface area (Å²) < 4.78 is 30.3. The number of benzene rings is 1. The number of ether oxygens (including phenoxy) is 3. The largest absolute Gasteiger partial charge is 0.486 e. The number of unbranched alkanes of at least 4 members (excludes halogenated alkanes) is 1. The van der Waals surface area contributed by atoms with Gasteiger partial charge in [0.05, 0.1) is 12.3 Å². The minimum atomic E-state index is -0.420. The summed E-state index contributed by atoms with van der Waals surface area (Å²) in [4.78, 5) is 13.8. The standard InChI is InChI=1S/C17H20FNO4/c1-2-3-7-23-17(20)19-6-4-5-14(19)13-10-12(18)11-15-16(13)22-9-8-21-15/h5,10-11H,2-4,6-9H2,1H3. The highest BCUT2D eigenvalue weighted by molar-refractivity contribution is 5.86. The van der Waals surface area contributed by atoms with Crippen LogP contribution < -0.4 is 9.47 Å². The first-order valence-electron chi connectivity index (χ1n) is 7.94. The first-order valence-corrected chi connectivity index (χ1v) is 7.94. The fourth-order valence-corrected chi connectivity index (χ4v) is 2.70. The van der Waals surface area contributed by atoms with E-state index in [2.05, 4.69) is 0 Å². The number of halogens is 1. The summed E-state index contributed by atoms with van der Waals surface area (Å²) in [6.45, 7) is 3.73. The number of hydrogen-bond donors (Lipinski definition) is 0. The molecule has 2 aliphatic heterocycles. The zero-order chi connectivity index (χ0) is 16.2. The van der Waals surface area contributed by atoms with Crippen LogP contribution in [0.2, 0.25) is 0 Å². The molecule has 1 aromatic carbocycles. The van der Waals surface area contributed by atoms with Crippen LogP contribution in [0.25, 0.3) is 5.70 Å². The average molecular weight is 321 g/mol. The lowest BCUT2D eigenvalue weighted by Gasteiger charge is -2.25. The van der Waals surface area contributed by atoms with E-state index < -0.39 is 11.9 Å². The summed E-state index contributed by atoms with van der Waals surface area (Å²) in [6.07, 6.45) is 3.97. The van der Waals surface area contributed by atoms with Gasteiger partial charge < -0.3 is 14.2 Å². The Morgan fingerprint density at radius 2 is 2.17 bits per heavy atom. The molecule has 1 amide bonds. The van der Waals surface area contributed by atoms with Crippen molar-refractivity contribution < 1.29 is 23.4 Å². The van der Waals surface area contributed by atoms with Crippen molar-refractivity contribution in [2.45, 2.75) is 26.2 Å². The highest BCUT2D eigenvalue weighted by Crippen LogP contribution is 2.41. The molecule has 1 aromatic rings. The summed E-state index contributed by atoms with van der Waals surface area (Å²) >= 11 is 0. The van der Waals surface area contributed by atoms with Crippen LogP contribution in [-0.4, -0.2) is 37.4 Å². The Balaban J connectivity index is 1.85. The van der Waals surface area contributed by atoms with Crippen LogP contribution in [0.3, 0.4) is 0 Å². The smallest absolute Gasteiger partial charge is 0.414 e. The van der Waals surface area contributed by atoms with Crippen molar-refractivity contribution in [1.29, 1.82) is 0 Å². The van der Waals surface area contributed by atoms with Gasteiger partial charge in [-0.15, -0.1) is 0 Å². The Morgan fingerprint density at radius 1 is 1.35 bits per heavy atom. The Morgan fingerprint density at radius 3 is 3.00 bits per heavy atom. The maximum Gasteiger partial charge on any atom is 0.414 e. The normalized spacial score (nSPS) is 16.3. The molecule has 0 unspecified atom stereocenters. The molecular weight excluding hydrogens is 301 g/mol. The molecule has 0 aliphatic carbocycles. The number of fused-ring (bicyclic) bond motifs is 1. The summed E-state index contributed by atoms with van der Waals surface area (Å²) in [5.74, 6) is 0.437. The number of carbonyl (C=O) groups excluding carboxylic acids is 1. The topological polar surface area (TPSA) is 48.0 Å². The van der Waals surface area contributed by atoms with Crippen LogP contribution in [-0.2, 0) is 4.74 Å². The molecule has 0 atom stereocenters. The Kier molecular flexibility index (Phi) is 4.69. The molecule has 2 aliphatic rings. The zero-order valence-electron chi connectivity index (χ0n) is 13.1. The van der Waals surface area contributed by atoms with Gasteiger partial charge >= 0.3 is 6.09 Å². The van der Waals surface area contributed by atoms with Crippen LogP contribution in [0, 0.1) is 5.82 Å². The first kappa shape index (κ1) is 15.6. The van der Waals surface area contributed by atoms with Crippen molar-refractivity contribution in [2.24, 2.45) is 0 Å². The fraction of sp³-hybridized carbons (Fsp3) is 0.471. The summed E-state index contributed by atoms with van der Waals surface area (Å²) in [6, 6.07) is 2.68. The molecule has 23 heavy (non-hydrogen) atoms. The highest BCUT2D eigenvalue weighted by Gasteiger charge is 2.29. The molecule has 2 heterocycles. The van der Waals surface area contributed by atoms with E-state index in [9.17, 15) is 9.18 Å². The van der Waals surface area contributed by atoms with Gasteiger partial charge in [-0.1, -0.05) is 19.4 Å². The van der Waals surface area contributed by atoms with Crippen LogP contribution in [0.1, 0.15) is 31.7 Å². The van der Waals surface area contributed by atoms with Crippen molar-refractivity contribution in [2.75, 3.05) is 26.4 Å². The van der Waals surface area contributed by atoms with Crippen molar-refractivity contribution in [1.82, 2.24) is 4.90 Å². The zero-order valence-corrected chi connectivity index (χ0v) is 13.1. The molecule has 0 aromatic heterocycles. The van der Waals surface area contributed by atoms with Crippen LogP contribution in [0.4, 0.5) is 9.18 Å². The third-order valence-electron chi connectivity index (χ3n) is 3.81. The van der Waals surface area contributed by atoms with E-state index in [1.807, 2.05) is 13.0 Å². The molecule has 6 heteroatoms. The molecule has 3 rings (SSSR count).